The predicted octanol–water partition coefficient (Wildman–Crippen LogP) is 2.15. The first kappa shape index (κ1) is 24.4. The van der Waals surface area contributed by atoms with Gasteiger partial charge < -0.3 is 20.3 Å². The second-order valence-corrected chi connectivity index (χ2v) is 10.3. The first-order chi connectivity index (χ1) is 14.2. The van der Waals surface area contributed by atoms with Crippen molar-refractivity contribution in [1.82, 2.24) is 10.2 Å². The van der Waals surface area contributed by atoms with Gasteiger partial charge >= 0.3 is 6.09 Å². The van der Waals surface area contributed by atoms with Crippen molar-refractivity contribution in [3.63, 3.8) is 0 Å². The van der Waals surface area contributed by atoms with Crippen LogP contribution in [-0.4, -0.2) is 62.2 Å². The van der Waals surface area contributed by atoms with Crippen molar-refractivity contribution >= 4 is 39.3 Å². The zero-order valence-corrected chi connectivity index (χ0v) is 19.3. The van der Waals surface area contributed by atoms with Gasteiger partial charge in [0.05, 0.1) is 17.5 Å². The van der Waals surface area contributed by atoms with E-state index in [1.165, 1.54) is 25.1 Å². The zero-order chi connectivity index (χ0) is 23.4. The number of carbonyl (C=O) groups excluding carboxylic acids is 3. The van der Waals surface area contributed by atoms with Gasteiger partial charge in [-0.2, -0.15) is 0 Å². The highest BCUT2D eigenvalue weighted by Gasteiger charge is 2.28. The molecule has 0 aromatic heterocycles. The zero-order valence-electron chi connectivity index (χ0n) is 18.4. The number of hydrogen-bond donors (Lipinski definition) is 3. The van der Waals surface area contributed by atoms with Crippen molar-refractivity contribution in [3.8, 4) is 0 Å². The number of amides is 3. The minimum atomic E-state index is -3.61. The van der Waals surface area contributed by atoms with Gasteiger partial charge in [0.1, 0.15) is 5.60 Å². The van der Waals surface area contributed by atoms with Gasteiger partial charge in [-0.15, -0.1) is 0 Å². The molecule has 1 aliphatic heterocycles. The van der Waals surface area contributed by atoms with E-state index in [4.69, 9.17) is 4.74 Å². The lowest BCUT2D eigenvalue weighted by Gasteiger charge is -2.33. The van der Waals surface area contributed by atoms with Crippen LogP contribution in [0.25, 0.3) is 0 Å². The molecule has 172 valence electrons. The van der Waals surface area contributed by atoms with Crippen molar-refractivity contribution in [2.75, 3.05) is 29.4 Å². The fraction of sp³-hybridized carbons (Fsp3) is 0.550. The Bertz CT molecular complexity index is 947. The molecule has 0 atom stereocenters. The van der Waals surface area contributed by atoms with Crippen LogP contribution < -0.4 is 15.4 Å². The normalized spacial score (nSPS) is 15.2. The Labute approximate surface area is 182 Å². The summed E-state index contributed by atoms with van der Waals surface area (Å²) < 4.78 is 31.0. The van der Waals surface area contributed by atoms with Crippen molar-refractivity contribution in [2.45, 2.75) is 52.2 Å². The van der Waals surface area contributed by atoms with Crippen LogP contribution in [0, 0.1) is 0 Å². The van der Waals surface area contributed by atoms with E-state index in [-0.39, 0.29) is 29.3 Å². The molecule has 1 aromatic carbocycles. The summed E-state index contributed by atoms with van der Waals surface area (Å²) in [5.74, 6) is -0.793. The molecular formula is C20H30N4O6S. The summed E-state index contributed by atoms with van der Waals surface area (Å²) in [6.07, 6.45) is 1.67. The second kappa shape index (κ2) is 9.54. The molecular weight excluding hydrogens is 424 g/mol. The van der Waals surface area contributed by atoms with E-state index in [1.54, 1.807) is 25.7 Å². The number of ether oxygens (including phenoxy) is 1. The third-order valence-electron chi connectivity index (χ3n) is 4.36. The summed E-state index contributed by atoms with van der Waals surface area (Å²) in [4.78, 5) is 38.0. The number of carbonyl (C=O) groups is 3. The molecule has 1 fully saturated rings. The number of likely N-dealkylation sites (tertiary alicyclic amines) is 1. The van der Waals surface area contributed by atoms with E-state index in [2.05, 4.69) is 15.4 Å². The topological polar surface area (TPSA) is 134 Å². The molecule has 3 N–H and O–H groups in total. The Kier molecular flexibility index (Phi) is 7.53. The lowest BCUT2D eigenvalue weighted by atomic mass is 10.0. The summed E-state index contributed by atoms with van der Waals surface area (Å²) in [6, 6.07) is 4.15. The third-order valence-corrected chi connectivity index (χ3v) is 4.95. The number of piperidine rings is 1. The van der Waals surface area contributed by atoms with Crippen LogP contribution in [0.5, 0.6) is 0 Å². The van der Waals surface area contributed by atoms with Crippen LogP contribution in [0.3, 0.4) is 0 Å². The van der Waals surface area contributed by atoms with Crippen molar-refractivity contribution in [3.05, 3.63) is 23.8 Å². The summed E-state index contributed by atoms with van der Waals surface area (Å²) in [7, 11) is -3.61. The average molecular weight is 455 g/mol. The Morgan fingerprint density at radius 3 is 2.26 bits per heavy atom. The molecule has 0 spiro atoms. The SMILES string of the molecule is CC(=O)Nc1ccc(NS(C)(=O)=O)c(C(=O)NC2CCN(C(=O)OC(C)(C)C)CC2)c1. The molecule has 1 heterocycles. The van der Waals surface area contributed by atoms with Gasteiger partial charge in [-0.1, -0.05) is 0 Å². The van der Waals surface area contributed by atoms with Crippen molar-refractivity contribution < 1.29 is 27.5 Å². The molecule has 0 bridgehead atoms. The number of nitrogens with one attached hydrogen (secondary N) is 3. The largest absolute Gasteiger partial charge is 0.444 e. The highest BCUT2D eigenvalue weighted by atomic mass is 32.2. The van der Waals surface area contributed by atoms with Gasteiger partial charge in [-0.05, 0) is 51.8 Å². The van der Waals surface area contributed by atoms with Crippen LogP contribution in [0.2, 0.25) is 0 Å². The van der Waals surface area contributed by atoms with Crippen LogP contribution in [-0.2, 0) is 19.6 Å². The first-order valence-electron chi connectivity index (χ1n) is 9.92. The van der Waals surface area contributed by atoms with Crippen molar-refractivity contribution in [1.29, 1.82) is 0 Å². The smallest absolute Gasteiger partial charge is 0.410 e. The van der Waals surface area contributed by atoms with Gasteiger partial charge in [0.2, 0.25) is 15.9 Å². The Morgan fingerprint density at radius 1 is 1.13 bits per heavy atom. The predicted molar refractivity (Wildman–Crippen MR) is 118 cm³/mol. The summed E-state index contributed by atoms with van der Waals surface area (Å²) in [5, 5.41) is 5.46. The van der Waals surface area contributed by atoms with Gasteiger partial charge in [0, 0.05) is 31.7 Å². The average Bonchev–Trinajstić information content (AvgIpc) is 2.60. The maximum Gasteiger partial charge on any atom is 0.410 e. The molecule has 0 saturated carbocycles. The number of rotatable bonds is 5. The Morgan fingerprint density at radius 2 is 1.74 bits per heavy atom. The molecule has 0 radical (unpaired) electrons. The fourth-order valence-corrected chi connectivity index (χ4v) is 3.68. The van der Waals surface area contributed by atoms with E-state index >= 15 is 0 Å². The van der Waals surface area contributed by atoms with Gasteiger partial charge in [0.25, 0.3) is 5.91 Å². The molecule has 10 nitrogen and oxygen atoms in total. The fourth-order valence-electron chi connectivity index (χ4n) is 3.10. The minimum Gasteiger partial charge on any atom is -0.444 e. The van der Waals surface area contributed by atoms with E-state index in [0.29, 0.717) is 31.6 Å². The van der Waals surface area contributed by atoms with Crippen LogP contribution in [0.15, 0.2) is 18.2 Å². The first-order valence-corrected chi connectivity index (χ1v) is 11.8. The Balaban J connectivity index is 2.09. The minimum absolute atomic E-state index is 0.0891. The lowest BCUT2D eigenvalue weighted by molar-refractivity contribution is -0.114. The Hall–Kier alpha value is -2.82. The quantitative estimate of drug-likeness (QED) is 0.624. The molecule has 0 unspecified atom stereocenters. The van der Waals surface area contributed by atoms with E-state index < -0.39 is 21.5 Å². The molecule has 11 heteroatoms. The molecule has 3 amide bonds. The lowest BCUT2D eigenvalue weighted by Crippen LogP contribution is -2.47. The molecule has 0 aliphatic carbocycles. The van der Waals surface area contributed by atoms with E-state index in [9.17, 15) is 22.8 Å². The maximum atomic E-state index is 12.9. The second-order valence-electron chi connectivity index (χ2n) is 8.53. The number of sulfonamides is 1. The van der Waals surface area contributed by atoms with E-state index in [1.807, 2.05) is 0 Å². The number of hydrogen-bond acceptors (Lipinski definition) is 6. The van der Waals surface area contributed by atoms with E-state index in [0.717, 1.165) is 6.26 Å². The van der Waals surface area contributed by atoms with Crippen LogP contribution >= 0.6 is 0 Å². The molecule has 1 aliphatic rings. The van der Waals surface area contributed by atoms with Crippen LogP contribution in [0.1, 0.15) is 50.9 Å². The number of benzene rings is 1. The third kappa shape index (κ3) is 8.08. The monoisotopic (exact) mass is 454 g/mol. The molecule has 31 heavy (non-hydrogen) atoms. The van der Waals surface area contributed by atoms with Gasteiger partial charge in [0.15, 0.2) is 0 Å². The van der Waals surface area contributed by atoms with Crippen LogP contribution in [0.4, 0.5) is 16.2 Å². The molecule has 1 aromatic rings. The van der Waals surface area contributed by atoms with Gasteiger partial charge in [-0.3, -0.25) is 14.3 Å². The molecule has 2 rings (SSSR count). The number of nitrogens with zero attached hydrogens (tertiary/aromatic N) is 1. The standard InChI is InChI=1S/C20H30N4O6S/c1-13(25)21-15-6-7-17(23-31(5,28)29)16(12-15)18(26)22-14-8-10-24(11-9-14)19(27)30-20(2,3)4/h6-7,12,14,23H,8-11H2,1-5H3,(H,21,25)(H,22,26). The molecule has 1 saturated heterocycles. The summed E-state index contributed by atoms with van der Waals surface area (Å²) in [6.45, 7) is 7.60. The van der Waals surface area contributed by atoms with Crippen molar-refractivity contribution in [2.24, 2.45) is 0 Å². The number of anilines is 2. The maximum absolute atomic E-state index is 12.9. The summed E-state index contributed by atoms with van der Waals surface area (Å²) in [5.41, 5.74) is -0.00707. The highest BCUT2D eigenvalue weighted by molar-refractivity contribution is 7.92. The summed E-state index contributed by atoms with van der Waals surface area (Å²) >= 11 is 0. The highest BCUT2D eigenvalue weighted by Crippen LogP contribution is 2.23. The van der Waals surface area contributed by atoms with Gasteiger partial charge in [-0.25, -0.2) is 13.2 Å².